The molecule has 0 aliphatic heterocycles. The fourth-order valence-electron chi connectivity index (χ4n) is 1.31. The normalized spacial score (nSPS) is 10.2. The van der Waals surface area contributed by atoms with Crippen LogP contribution in [0.15, 0.2) is 40.9 Å². The lowest BCUT2D eigenvalue weighted by molar-refractivity contribution is 0.482. The van der Waals surface area contributed by atoms with Crippen LogP contribution in [0.2, 0.25) is 5.02 Å². The number of hydrogen-bond donors (Lipinski definition) is 2. The van der Waals surface area contributed by atoms with E-state index in [1.807, 2.05) is 0 Å². The monoisotopic (exact) mass is 312 g/mol. The Hall–Kier alpha value is -1.39. The molecule has 0 spiro atoms. The van der Waals surface area contributed by atoms with Gasteiger partial charge in [0.1, 0.15) is 5.75 Å². The van der Waals surface area contributed by atoms with E-state index in [1.54, 1.807) is 36.4 Å². The smallest absolute Gasteiger partial charge is 0.166 e. The maximum absolute atomic E-state index is 5.86. The molecule has 2 rings (SSSR count). The summed E-state index contributed by atoms with van der Waals surface area (Å²) in [6.07, 6.45) is 0. The van der Waals surface area contributed by atoms with Gasteiger partial charge in [0.25, 0.3) is 0 Å². The van der Waals surface area contributed by atoms with Crippen LogP contribution in [0, 0.1) is 0 Å². The maximum Gasteiger partial charge on any atom is 0.166 e. The second kappa shape index (κ2) is 4.85. The summed E-state index contributed by atoms with van der Waals surface area (Å²) in [4.78, 5) is 0. The first-order valence-corrected chi connectivity index (χ1v) is 6.02. The number of nitrogen functional groups attached to an aromatic ring is 2. The van der Waals surface area contributed by atoms with Gasteiger partial charge in [0.2, 0.25) is 0 Å². The second-order valence-electron chi connectivity index (χ2n) is 3.44. The Bertz CT molecular complexity index is 543. The van der Waals surface area contributed by atoms with E-state index >= 15 is 0 Å². The Labute approximate surface area is 112 Å². The van der Waals surface area contributed by atoms with E-state index in [9.17, 15) is 0 Å². The molecule has 0 saturated heterocycles. The van der Waals surface area contributed by atoms with Gasteiger partial charge >= 0.3 is 0 Å². The van der Waals surface area contributed by atoms with Crippen molar-refractivity contribution in [3.63, 3.8) is 0 Å². The van der Waals surface area contributed by atoms with Gasteiger partial charge in [-0.05, 0) is 52.3 Å². The van der Waals surface area contributed by atoms with Crippen LogP contribution in [0.1, 0.15) is 0 Å². The summed E-state index contributed by atoms with van der Waals surface area (Å²) in [5, 5.41) is 0.650. The van der Waals surface area contributed by atoms with Crippen LogP contribution in [0.5, 0.6) is 11.5 Å². The van der Waals surface area contributed by atoms with Crippen molar-refractivity contribution in [2.45, 2.75) is 0 Å². The van der Waals surface area contributed by atoms with Crippen LogP contribution in [0.3, 0.4) is 0 Å². The fraction of sp³-hybridized carbons (Fsp3) is 0. The molecule has 5 heteroatoms. The topological polar surface area (TPSA) is 61.3 Å². The predicted molar refractivity (Wildman–Crippen MR) is 74.5 cm³/mol. The number of anilines is 2. The predicted octanol–water partition coefficient (Wildman–Crippen LogP) is 4.06. The first kappa shape index (κ1) is 12.1. The van der Waals surface area contributed by atoms with Gasteiger partial charge in [-0.3, -0.25) is 0 Å². The van der Waals surface area contributed by atoms with Crippen LogP contribution in [-0.4, -0.2) is 0 Å². The van der Waals surface area contributed by atoms with Crippen molar-refractivity contribution < 1.29 is 4.74 Å². The van der Waals surface area contributed by atoms with Crippen molar-refractivity contribution in [3.8, 4) is 11.5 Å². The summed E-state index contributed by atoms with van der Waals surface area (Å²) in [6.45, 7) is 0. The molecule has 0 atom stereocenters. The number of rotatable bonds is 2. The molecule has 0 amide bonds. The summed E-state index contributed by atoms with van der Waals surface area (Å²) in [7, 11) is 0. The third-order valence-electron chi connectivity index (χ3n) is 2.22. The summed E-state index contributed by atoms with van der Waals surface area (Å²) in [5.41, 5.74) is 12.5. The Kier molecular flexibility index (Phi) is 3.45. The maximum atomic E-state index is 5.86. The number of hydrogen-bond acceptors (Lipinski definition) is 3. The summed E-state index contributed by atoms with van der Waals surface area (Å²) in [6, 6.07) is 10.5. The number of ether oxygens (including phenoxy) is 1. The molecule has 0 heterocycles. The minimum absolute atomic E-state index is 0.411. The van der Waals surface area contributed by atoms with Gasteiger partial charge in [0.15, 0.2) is 5.75 Å². The minimum atomic E-state index is 0.411. The highest BCUT2D eigenvalue weighted by Crippen LogP contribution is 2.38. The standard InChI is InChI=1S/C12H10BrClN2O/c13-9-5-6-10(15)11(16)12(9)17-8-3-1-7(14)2-4-8/h1-6H,15-16H2. The van der Waals surface area contributed by atoms with Gasteiger partial charge in [-0.25, -0.2) is 0 Å². The van der Waals surface area contributed by atoms with Crippen LogP contribution in [-0.2, 0) is 0 Å². The van der Waals surface area contributed by atoms with E-state index in [0.717, 1.165) is 4.47 Å². The van der Waals surface area contributed by atoms with Crippen molar-refractivity contribution in [3.05, 3.63) is 45.9 Å². The molecule has 0 fully saturated rings. The van der Waals surface area contributed by atoms with Gasteiger partial charge in [0.05, 0.1) is 15.8 Å². The summed E-state index contributed by atoms with van der Waals surface area (Å²) in [5.74, 6) is 1.15. The van der Waals surface area contributed by atoms with Crippen LogP contribution in [0.25, 0.3) is 0 Å². The number of benzene rings is 2. The van der Waals surface area contributed by atoms with Crippen LogP contribution >= 0.6 is 27.5 Å². The van der Waals surface area contributed by atoms with Crippen LogP contribution in [0.4, 0.5) is 11.4 Å². The van der Waals surface area contributed by atoms with Crippen molar-refractivity contribution >= 4 is 38.9 Å². The SMILES string of the molecule is Nc1ccc(Br)c(Oc2ccc(Cl)cc2)c1N. The van der Waals surface area contributed by atoms with Crippen molar-refractivity contribution in [1.29, 1.82) is 0 Å². The Morgan fingerprint density at radius 1 is 1.00 bits per heavy atom. The van der Waals surface area contributed by atoms with Crippen molar-refractivity contribution in [2.24, 2.45) is 0 Å². The largest absolute Gasteiger partial charge is 0.454 e. The Balaban J connectivity index is 2.36. The first-order chi connectivity index (χ1) is 8.08. The quantitative estimate of drug-likeness (QED) is 0.822. The van der Waals surface area contributed by atoms with Gasteiger partial charge in [-0.15, -0.1) is 0 Å². The highest BCUT2D eigenvalue weighted by atomic mass is 79.9. The van der Waals surface area contributed by atoms with Crippen molar-refractivity contribution in [1.82, 2.24) is 0 Å². The van der Waals surface area contributed by atoms with E-state index in [2.05, 4.69) is 15.9 Å². The molecule has 4 N–H and O–H groups in total. The zero-order valence-corrected chi connectivity index (χ0v) is 11.1. The van der Waals surface area contributed by atoms with E-state index < -0.39 is 0 Å². The van der Waals surface area contributed by atoms with Crippen molar-refractivity contribution in [2.75, 3.05) is 11.5 Å². The third-order valence-corrected chi connectivity index (χ3v) is 3.09. The number of halogens is 2. The lowest BCUT2D eigenvalue weighted by Crippen LogP contribution is -1.98. The van der Waals surface area contributed by atoms with Gasteiger partial charge in [0, 0.05) is 5.02 Å². The van der Waals surface area contributed by atoms with Crippen LogP contribution < -0.4 is 16.2 Å². The van der Waals surface area contributed by atoms with Gasteiger partial charge in [-0.2, -0.15) is 0 Å². The minimum Gasteiger partial charge on any atom is -0.454 e. The molecule has 17 heavy (non-hydrogen) atoms. The van der Waals surface area contributed by atoms with E-state index in [0.29, 0.717) is 27.9 Å². The fourth-order valence-corrected chi connectivity index (χ4v) is 1.87. The van der Waals surface area contributed by atoms with Gasteiger partial charge < -0.3 is 16.2 Å². The zero-order valence-electron chi connectivity index (χ0n) is 8.78. The highest BCUT2D eigenvalue weighted by molar-refractivity contribution is 9.10. The third kappa shape index (κ3) is 2.65. The molecule has 2 aromatic rings. The molecule has 0 aliphatic carbocycles. The average Bonchev–Trinajstić information content (AvgIpc) is 2.32. The Morgan fingerprint density at radius 2 is 1.65 bits per heavy atom. The van der Waals surface area contributed by atoms with E-state index in [4.69, 9.17) is 27.8 Å². The molecule has 88 valence electrons. The first-order valence-electron chi connectivity index (χ1n) is 4.85. The molecular weight excluding hydrogens is 304 g/mol. The molecule has 3 nitrogen and oxygen atoms in total. The zero-order chi connectivity index (χ0) is 12.4. The molecule has 0 aliphatic rings. The lowest BCUT2D eigenvalue weighted by Gasteiger charge is -2.12. The van der Waals surface area contributed by atoms with E-state index in [1.165, 1.54) is 0 Å². The molecule has 2 aromatic carbocycles. The second-order valence-corrected chi connectivity index (χ2v) is 4.73. The van der Waals surface area contributed by atoms with Gasteiger partial charge in [-0.1, -0.05) is 11.6 Å². The molecule has 0 radical (unpaired) electrons. The van der Waals surface area contributed by atoms with E-state index in [-0.39, 0.29) is 0 Å². The molecular formula is C12H10BrClN2O. The molecule has 0 aromatic heterocycles. The molecule has 0 saturated carbocycles. The lowest BCUT2D eigenvalue weighted by atomic mass is 10.2. The summed E-state index contributed by atoms with van der Waals surface area (Å²) >= 11 is 9.16. The number of nitrogens with two attached hydrogens (primary N) is 2. The average molecular weight is 314 g/mol. The Morgan fingerprint density at radius 3 is 2.29 bits per heavy atom. The summed E-state index contributed by atoms with van der Waals surface area (Å²) < 4.78 is 6.41. The molecule has 0 unspecified atom stereocenters. The molecule has 0 bridgehead atoms. The highest BCUT2D eigenvalue weighted by Gasteiger charge is 2.10.